The second kappa shape index (κ2) is 1.59. The van der Waals surface area contributed by atoms with Gasteiger partial charge >= 0.3 is 5.51 Å². The van der Waals surface area contributed by atoms with Crippen LogP contribution in [-0.2, 0) is 10.1 Å². The average molecular weight is 148 g/mol. The highest BCUT2D eigenvalue weighted by Gasteiger charge is 2.36. The molecule has 0 heterocycles. The molecule has 0 N–H and O–H groups in total. The summed E-state index contributed by atoms with van der Waals surface area (Å²) in [6.45, 7) is 0. The van der Waals surface area contributed by atoms with Crippen LogP contribution < -0.4 is 0 Å². The summed E-state index contributed by atoms with van der Waals surface area (Å²) >= 11 is 0. The molecule has 0 rings (SSSR count). The molecule has 0 amide bonds. The topological polar surface area (TPSA) is 57.2 Å². The highest BCUT2D eigenvalue weighted by Crippen LogP contribution is 2.20. The van der Waals surface area contributed by atoms with Crippen molar-refractivity contribution in [3.63, 3.8) is 0 Å². The smallest absolute Gasteiger partial charge is 0.485 e. The van der Waals surface area contributed by atoms with Crippen LogP contribution >= 0.6 is 0 Å². The molecular formula is CF3O3S-. The lowest BCUT2D eigenvalue weighted by atomic mass is 11.5. The van der Waals surface area contributed by atoms with E-state index in [0.717, 1.165) is 0 Å². The van der Waals surface area contributed by atoms with Crippen LogP contribution in [-0.4, -0.2) is 18.5 Å². The first-order chi connectivity index (χ1) is 3.25. The monoisotopic (exact) mass is 148 g/mol. The van der Waals surface area contributed by atoms with Gasteiger partial charge in [-0.3, -0.25) is 0 Å². The van der Waals surface area contributed by atoms with E-state index in [1.165, 1.54) is 0 Å². The maximum absolute atomic E-state index is 10.7. The fourth-order valence-electron chi connectivity index (χ4n) is 0. The Morgan fingerprint density at radius 3 is 1.38 bits per heavy atom. The number of hydrogen-bond donors (Lipinski definition) is 0. The van der Waals surface area contributed by atoms with Gasteiger partial charge < -0.3 is 4.55 Å². The second-order valence-electron chi connectivity index (χ2n) is 0.900. The Bertz CT molecular complexity index is 163. The summed E-state index contributed by atoms with van der Waals surface area (Å²) in [5, 5.41) is 0. The van der Waals surface area contributed by atoms with Crippen LogP contribution in [0.25, 0.3) is 0 Å². The van der Waals surface area contributed by atoms with E-state index in [1.54, 1.807) is 0 Å². The van der Waals surface area contributed by atoms with Gasteiger partial charge in [-0.1, -0.05) is 0 Å². The Morgan fingerprint density at radius 2 is 1.38 bits per heavy atom. The summed E-state index contributed by atoms with van der Waals surface area (Å²) in [6.07, 6.45) is 0. The second-order valence-corrected chi connectivity index (χ2v) is 2.27. The zero-order valence-corrected chi connectivity index (χ0v) is 4.08. The molecule has 0 aromatic heterocycles. The van der Waals surface area contributed by atoms with Crippen LogP contribution in [0, 0.1) is 0 Å². The minimum atomic E-state index is -6.09. The standard InChI is InChI=1S/CHF3O3S/c2-1(3,4)8(5,6)7/h(H,5,6,7)/p-1/i2-1. The first-order valence-corrected chi connectivity index (χ1v) is 2.68. The number of hydrogen-bond acceptors (Lipinski definition) is 3. The van der Waals surface area contributed by atoms with E-state index >= 15 is 0 Å². The summed E-state index contributed by atoms with van der Waals surface area (Å²) < 4.78 is 58.9. The molecule has 0 spiro atoms. The molecule has 0 unspecified atom stereocenters. The third kappa shape index (κ3) is 1.66. The summed E-state index contributed by atoms with van der Waals surface area (Å²) in [5.41, 5.74) is -5.65. The van der Waals surface area contributed by atoms with Crippen molar-refractivity contribution < 1.29 is 26.1 Å². The molecule has 0 aliphatic carbocycles. The zero-order chi connectivity index (χ0) is 7.00. The van der Waals surface area contributed by atoms with Crippen LogP contribution in [0.2, 0.25) is 0 Å². The SMILES string of the molecule is O=S(=O)([O-])C(F)(F)[18F]. The van der Waals surface area contributed by atoms with Crippen molar-refractivity contribution in [1.29, 1.82) is 0 Å². The van der Waals surface area contributed by atoms with Gasteiger partial charge in [0.15, 0.2) is 10.1 Å². The van der Waals surface area contributed by atoms with Crippen LogP contribution in [0.4, 0.5) is 13.2 Å². The van der Waals surface area contributed by atoms with Crippen LogP contribution in [0.1, 0.15) is 0 Å². The predicted octanol–water partition coefficient (Wildman–Crippen LogP) is 0.0514. The van der Waals surface area contributed by atoms with Gasteiger partial charge in [0, 0.05) is 0 Å². The molecule has 0 fully saturated rings. The van der Waals surface area contributed by atoms with Gasteiger partial charge in [0.05, 0.1) is 0 Å². The van der Waals surface area contributed by atoms with Gasteiger partial charge in [-0.15, -0.1) is 0 Å². The van der Waals surface area contributed by atoms with E-state index in [0.29, 0.717) is 0 Å². The molecule has 0 saturated heterocycles. The number of halogens is 3. The highest BCUT2D eigenvalue weighted by atomic mass is 32.2. The fourth-order valence-corrected chi connectivity index (χ4v) is 0. The molecule has 8 heavy (non-hydrogen) atoms. The minimum Gasteiger partial charge on any atom is -0.741 e. The van der Waals surface area contributed by atoms with Gasteiger partial charge in [0.1, 0.15) is 0 Å². The predicted molar refractivity (Wildman–Crippen MR) is 15.8 cm³/mol. The van der Waals surface area contributed by atoms with E-state index in [-0.39, 0.29) is 0 Å². The summed E-state index contributed by atoms with van der Waals surface area (Å²) in [5.74, 6) is 0. The molecule has 50 valence electrons. The first-order valence-electron chi connectivity index (χ1n) is 1.27. The summed E-state index contributed by atoms with van der Waals surface area (Å²) in [7, 11) is -6.09. The number of alkyl halides is 3. The Morgan fingerprint density at radius 1 is 1.25 bits per heavy atom. The van der Waals surface area contributed by atoms with Gasteiger partial charge in [-0.2, -0.15) is 13.2 Å². The van der Waals surface area contributed by atoms with E-state index in [4.69, 9.17) is 13.0 Å². The molecule has 0 aliphatic rings. The maximum Gasteiger partial charge on any atom is 0.485 e. The Labute approximate surface area is 42.9 Å². The van der Waals surface area contributed by atoms with Crippen molar-refractivity contribution >= 4 is 10.1 Å². The summed E-state index contributed by atoms with van der Waals surface area (Å²) in [6, 6.07) is 0. The molecule has 0 radical (unpaired) electrons. The molecule has 0 atom stereocenters. The van der Waals surface area contributed by atoms with Crippen molar-refractivity contribution in [1.82, 2.24) is 0 Å². The van der Waals surface area contributed by atoms with Crippen LogP contribution in [0.3, 0.4) is 0 Å². The Balaban J connectivity index is 4.53. The van der Waals surface area contributed by atoms with Crippen molar-refractivity contribution in [3.05, 3.63) is 0 Å². The largest absolute Gasteiger partial charge is 0.741 e. The first kappa shape index (κ1) is 7.70. The molecule has 0 saturated carbocycles. The van der Waals surface area contributed by atoms with Crippen molar-refractivity contribution in [2.45, 2.75) is 5.51 Å². The van der Waals surface area contributed by atoms with E-state index in [2.05, 4.69) is 0 Å². The molecule has 7 heteroatoms. The lowest BCUT2D eigenvalue weighted by molar-refractivity contribution is -0.0517. The normalized spacial score (nSPS) is 14.0. The molecule has 0 aliphatic heterocycles. The molecule has 0 aromatic carbocycles. The maximum atomic E-state index is 10.7. The average Bonchev–Trinajstić information content (AvgIpc) is 1.25. The third-order valence-corrected chi connectivity index (χ3v) is 0.850. The zero-order valence-electron chi connectivity index (χ0n) is 3.27. The van der Waals surface area contributed by atoms with Gasteiger partial charge in [-0.05, 0) is 0 Å². The van der Waals surface area contributed by atoms with Gasteiger partial charge in [0.2, 0.25) is 0 Å². The van der Waals surface area contributed by atoms with Crippen molar-refractivity contribution in [2.24, 2.45) is 0 Å². The molecular weight excluding hydrogens is 148 g/mol. The molecule has 0 aromatic rings. The van der Waals surface area contributed by atoms with E-state index < -0.39 is 15.6 Å². The quantitative estimate of drug-likeness (QED) is 0.360. The van der Waals surface area contributed by atoms with Crippen molar-refractivity contribution in [3.8, 4) is 0 Å². The Hall–Kier alpha value is -0.300. The lowest BCUT2D eigenvalue weighted by Gasteiger charge is -2.08. The van der Waals surface area contributed by atoms with Crippen LogP contribution in [0.5, 0.6) is 0 Å². The Kier molecular flexibility index (Phi) is 1.53. The lowest BCUT2D eigenvalue weighted by Crippen LogP contribution is -2.21. The summed E-state index contributed by atoms with van der Waals surface area (Å²) in [4.78, 5) is 0. The van der Waals surface area contributed by atoms with Gasteiger partial charge in [-0.25, -0.2) is 8.42 Å². The van der Waals surface area contributed by atoms with E-state index in [9.17, 15) is 13.2 Å². The molecule has 0 bridgehead atoms. The highest BCUT2D eigenvalue weighted by molar-refractivity contribution is 7.86. The van der Waals surface area contributed by atoms with E-state index in [1.807, 2.05) is 0 Å². The van der Waals surface area contributed by atoms with Gasteiger partial charge in [0.25, 0.3) is 0 Å². The molecule has 3 nitrogen and oxygen atoms in total. The van der Waals surface area contributed by atoms with Crippen LogP contribution in [0.15, 0.2) is 0 Å². The third-order valence-electron chi connectivity index (χ3n) is 0.283. The number of rotatable bonds is 0. The van der Waals surface area contributed by atoms with Crippen molar-refractivity contribution in [2.75, 3.05) is 0 Å². The fraction of sp³-hybridized carbons (Fsp3) is 1.00. The minimum absolute atomic E-state index is 5.65.